The van der Waals surface area contributed by atoms with Crippen molar-refractivity contribution in [1.29, 1.82) is 0 Å². The number of aliphatic imine (C=N–C) groups is 1. The van der Waals surface area contributed by atoms with Gasteiger partial charge in [-0.05, 0) is 48.6 Å². The van der Waals surface area contributed by atoms with E-state index < -0.39 is 0 Å². The van der Waals surface area contributed by atoms with Crippen LogP contribution in [0.15, 0.2) is 53.5 Å². The van der Waals surface area contributed by atoms with E-state index in [1.807, 2.05) is 55.5 Å². The molecule has 0 spiro atoms. The van der Waals surface area contributed by atoms with Crippen LogP contribution < -0.4 is 4.74 Å². The lowest BCUT2D eigenvalue weighted by molar-refractivity contribution is -0.124. The summed E-state index contributed by atoms with van der Waals surface area (Å²) in [4.78, 5) is 29.8. The topological polar surface area (TPSA) is 55.7 Å². The van der Waals surface area contributed by atoms with E-state index in [9.17, 15) is 9.59 Å². The van der Waals surface area contributed by atoms with Crippen LogP contribution in [0.1, 0.15) is 49.1 Å². The lowest BCUT2D eigenvalue weighted by Crippen LogP contribution is -2.40. The van der Waals surface area contributed by atoms with Gasteiger partial charge in [-0.3, -0.25) is 9.59 Å². The Hall–Kier alpha value is -2.46. The van der Waals surface area contributed by atoms with E-state index in [0.29, 0.717) is 30.2 Å². The minimum Gasteiger partial charge on any atom is -0.494 e. The molecule has 28 heavy (non-hydrogen) atoms. The Morgan fingerprint density at radius 2 is 1.89 bits per heavy atom. The van der Waals surface area contributed by atoms with Crippen molar-refractivity contribution in [2.45, 2.75) is 38.0 Å². The van der Waals surface area contributed by atoms with E-state index in [4.69, 9.17) is 16.3 Å². The maximum atomic E-state index is 13.2. The van der Waals surface area contributed by atoms with Crippen LogP contribution in [-0.2, 0) is 9.59 Å². The molecule has 3 atom stereocenters. The second kappa shape index (κ2) is 7.88. The van der Waals surface area contributed by atoms with Gasteiger partial charge in [-0.25, -0.2) is 4.99 Å². The average Bonchev–Trinajstić information content (AvgIpc) is 2.68. The number of hydrogen-bond acceptors (Lipinski definition) is 3. The maximum absolute atomic E-state index is 13.2. The highest BCUT2D eigenvalue weighted by Gasteiger charge is 2.43. The second-order valence-electron chi connectivity index (χ2n) is 7.38. The molecular formula is C23H22ClNO3. The predicted octanol–water partition coefficient (Wildman–Crippen LogP) is 4.96. The first-order valence-electron chi connectivity index (χ1n) is 9.67. The summed E-state index contributed by atoms with van der Waals surface area (Å²) in [5.41, 5.74) is 2.61. The van der Waals surface area contributed by atoms with Gasteiger partial charge in [-0.1, -0.05) is 41.9 Å². The Morgan fingerprint density at radius 1 is 1.07 bits per heavy atom. The number of carbonyl (C=O) groups excluding carboxylic acids is 2. The molecule has 0 aromatic heterocycles. The molecule has 0 radical (unpaired) electrons. The van der Waals surface area contributed by atoms with E-state index in [0.717, 1.165) is 16.9 Å². The molecule has 2 aromatic rings. The summed E-state index contributed by atoms with van der Waals surface area (Å²) in [5, 5.41) is 0.655. The van der Waals surface area contributed by atoms with Crippen molar-refractivity contribution in [3.05, 3.63) is 64.7 Å². The van der Waals surface area contributed by atoms with E-state index in [2.05, 4.69) is 4.99 Å². The Balaban J connectivity index is 1.66. The lowest BCUT2D eigenvalue weighted by atomic mass is 9.67. The number of ketones is 1. The minimum atomic E-state index is -0.340. The van der Waals surface area contributed by atoms with Crippen LogP contribution in [0.5, 0.6) is 5.75 Å². The van der Waals surface area contributed by atoms with Gasteiger partial charge in [0.2, 0.25) is 5.91 Å². The highest BCUT2D eigenvalue weighted by molar-refractivity contribution is 6.31. The Kier molecular flexibility index (Phi) is 5.31. The number of ether oxygens (including phenoxy) is 1. The molecule has 1 saturated carbocycles. The van der Waals surface area contributed by atoms with Crippen molar-refractivity contribution in [2.75, 3.05) is 6.61 Å². The van der Waals surface area contributed by atoms with Gasteiger partial charge < -0.3 is 4.74 Å². The van der Waals surface area contributed by atoms with Gasteiger partial charge in [0.05, 0.1) is 12.5 Å². The molecule has 144 valence electrons. The molecule has 0 saturated heterocycles. The number of benzene rings is 2. The largest absolute Gasteiger partial charge is 0.494 e. The van der Waals surface area contributed by atoms with E-state index in [1.165, 1.54) is 0 Å². The molecule has 4 rings (SSSR count). The number of amides is 1. The van der Waals surface area contributed by atoms with Gasteiger partial charge in [0.25, 0.3) is 0 Å². The molecule has 3 unspecified atom stereocenters. The Bertz CT molecular complexity index is 952. The van der Waals surface area contributed by atoms with Gasteiger partial charge in [0, 0.05) is 29.5 Å². The number of Topliss-reactive ketones (excluding diaryl/α,β-unsaturated/α-hetero) is 1. The number of fused-ring (bicyclic) bond motifs is 1. The third-order valence-electron chi connectivity index (χ3n) is 5.62. The fourth-order valence-corrected chi connectivity index (χ4v) is 4.72. The summed E-state index contributed by atoms with van der Waals surface area (Å²) in [5.74, 6) is 0.180. The molecule has 2 aliphatic rings. The van der Waals surface area contributed by atoms with Gasteiger partial charge in [-0.15, -0.1) is 0 Å². The third-order valence-corrected chi connectivity index (χ3v) is 5.96. The minimum absolute atomic E-state index is 0.0301. The van der Waals surface area contributed by atoms with Crippen molar-refractivity contribution < 1.29 is 14.3 Å². The predicted molar refractivity (Wildman–Crippen MR) is 109 cm³/mol. The molecule has 2 aromatic carbocycles. The molecule has 1 fully saturated rings. The quantitative estimate of drug-likeness (QED) is 0.735. The highest BCUT2D eigenvalue weighted by atomic mass is 35.5. The van der Waals surface area contributed by atoms with E-state index in [1.54, 1.807) is 0 Å². The van der Waals surface area contributed by atoms with Crippen molar-refractivity contribution in [3.63, 3.8) is 0 Å². The van der Waals surface area contributed by atoms with E-state index in [-0.39, 0.29) is 35.9 Å². The van der Waals surface area contributed by atoms with Crippen molar-refractivity contribution >= 4 is 29.0 Å². The van der Waals surface area contributed by atoms with Crippen molar-refractivity contribution in [2.24, 2.45) is 10.9 Å². The smallest absolute Gasteiger partial charge is 0.246 e. The first-order valence-corrected chi connectivity index (χ1v) is 10.0. The third kappa shape index (κ3) is 3.61. The zero-order chi connectivity index (χ0) is 19.7. The Labute approximate surface area is 169 Å². The zero-order valence-electron chi connectivity index (χ0n) is 15.7. The molecular weight excluding hydrogens is 374 g/mol. The lowest BCUT2D eigenvalue weighted by Gasteiger charge is -2.36. The summed E-state index contributed by atoms with van der Waals surface area (Å²) in [6.07, 6.45) is 1.27. The van der Waals surface area contributed by atoms with Gasteiger partial charge in [0.1, 0.15) is 11.5 Å². The SMILES string of the molecule is CCOc1cccc(C2CC(=O)N=C3CC(c4ccccc4Cl)CC(=O)C32)c1. The fraction of sp³-hybridized carbons (Fsp3) is 0.348. The van der Waals surface area contributed by atoms with Crippen LogP contribution in [0.3, 0.4) is 0 Å². The summed E-state index contributed by atoms with van der Waals surface area (Å²) < 4.78 is 5.60. The summed E-state index contributed by atoms with van der Waals surface area (Å²) >= 11 is 6.35. The molecule has 0 bridgehead atoms. The summed E-state index contributed by atoms with van der Waals surface area (Å²) in [7, 11) is 0. The average molecular weight is 396 g/mol. The Morgan fingerprint density at radius 3 is 2.68 bits per heavy atom. The number of rotatable bonds is 4. The molecule has 1 heterocycles. The van der Waals surface area contributed by atoms with Gasteiger partial charge >= 0.3 is 0 Å². The summed E-state index contributed by atoms with van der Waals surface area (Å²) in [6.45, 7) is 2.50. The van der Waals surface area contributed by atoms with Crippen molar-refractivity contribution in [3.8, 4) is 5.75 Å². The fourth-order valence-electron chi connectivity index (χ4n) is 4.43. The van der Waals surface area contributed by atoms with Crippen molar-refractivity contribution in [1.82, 2.24) is 0 Å². The van der Waals surface area contributed by atoms with Crippen LogP contribution >= 0.6 is 11.6 Å². The monoisotopic (exact) mass is 395 g/mol. The van der Waals surface area contributed by atoms with Crippen LogP contribution in [0.2, 0.25) is 5.02 Å². The molecule has 0 N–H and O–H groups in total. The molecule has 4 nitrogen and oxygen atoms in total. The van der Waals surface area contributed by atoms with Crippen LogP contribution in [0, 0.1) is 5.92 Å². The van der Waals surface area contributed by atoms with Crippen LogP contribution in [0.25, 0.3) is 0 Å². The van der Waals surface area contributed by atoms with E-state index >= 15 is 0 Å². The molecule has 1 aliphatic heterocycles. The number of carbonyl (C=O) groups is 2. The summed E-state index contributed by atoms with van der Waals surface area (Å²) in [6, 6.07) is 15.3. The van der Waals surface area contributed by atoms with Crippen LogP contribution in [-0.4, -0.2) is 24.0 Å². The number of hydrogen-bond donors (Lipinski definition) is 0. The maximum Gasteiger partial charge on any atom is 0.246 e. The van der Waals surface area contributed by atoms with Crippen LogP contribution in [0.4, 0.5) is 0 Å². The molecule has 1 aliphatic carbocycles. The molecule has 1 amide bonds. The first-order chi connectivity index (χ1) is 13.6. The number of halogens is 1. The van der Waals surface area contributed by atoms with Gasteiger partial charge in [-0.2, -0.15) is 0 Å². The van der Waals surface area contributed by atoms with Gasteiger partial charge in [0.15, 0.2) is 0 Å². The zero-order valence-corrected chi connectivity index (χ0v) is 16.5. The second-order valence-corrected chi connectivity index (χ2v) is 7.79. The highest BCUT2D eigenvalue weighted by Crippen LogP contribution is 2.44. The normalized spacial score (nSPS) is 24.5. The number of nitrogens with zero attached hydrogens (tertiary/aromatic N) is 1. The first kappa shape index (κ1) is 18.9. The standard InChI is InChI=1S/C23H22ClNO3/c1-2-28-16-7-5-6-14(10-16)18-13-22(27)25-20-11-15(12-21(26)23(18)20)17-8-3-4-9-19(17)24/h3-10,15,18,23H,2,11-13H2,1H3. The molecule has 5 heteroatoms.